The summed E-state index contributed by atoms with van der Waals surface area (Å²) in [5.74, 6) is 1.86. The maximum Gasteiger partial charge on any atom is 0.255 e. The lowest BCUT2D eigenvalue weighted by Crippen LogP contribution is -2.26. The number of carbonyl (C=O) groups is 1. The van der Waals surface area contributed by atoms with Gasteiger partial charge in [-0.05, 0) is 44.0 Å². The number of ether oxygens (including phenoxy) is 2. The number of hydrogen-bond donors (Lipinski definition) is 1. The minimum Gasteiger partial charge on any atom is -0.493 e. The highest BCUT2D eigenvalue weighted by molar-refractivity contribution is 5.95. The van der Waals surface area contributed by atoms with E-state index in [1.807, 2.05) is 25.1 Å². The van der Waals surface area contributed by atoms with Crippen LogP contribution < -0.4 is 14.8 Å². The number of furan rings is 1. The van der Waals surface area contributed by atoms with Crippen LogP contribution in [0.25, 0.3) is 0 Å². The van der Waals surface area contributed by atoms with Crippen molar-refractivity contribution in [2.24, 2.45) is 0 Å². The van der Waals surface area contributed by atoms with E-state index in [2.05, 4.69) is 12.2 Å². The molecule has 1 atom stereocenters. The molecule has 0 aliphatic carbocycles. The van der Waals surface area contributed by atoms with Gasteiger partial charge in [-0.2, -0.15) is 0 Å². The molecule has 0 fully saturated rings. The Kier molecular flexibility index (Phi) is 6.92. The largest absolute Gasteiger partial charge is 0.493 e. The van der Waals surface area contributed by atoms with Crippen molar-refractivity contribution in [3.8, 4) is 11.5 Å². The summed E-state index contributed by atoms with van der Waals surface area (Å²) in [7, 11) is 1.62. The van der Waals surface area contributed by atoms with E-state index in [0.29, 0.717) is 23.7 Å². The van der Waals surface area contributed by atoms with Crippen LogP contribution in [0.2, 0.25) is 0 Å². The van der Waals surface area contributed by atoms with Crippen LogP contribution in [0.3, 0.4) is 0 Å². The minimum absolute atomic E-state index is 0.155. The van der Waals surface area contributed by atoms with E-state index in [1.165, 1.54) is 6.26 Å². The van der Waals surface area contributed by atoms with Crippen LogP contribution in [0.1, 0.15) is 60.8 Å². The number of methoxy groups -OCH3 is 1. The quantitative estimate of drug-likeness (QED) is 0.672. The lowest BCUT2D eigenvalue weighted by molar-refractivity contribution is 0.0938. The van der Waals surface area contributed by atoms with Crippen molar-refractivity contribution in [1.82, 2.24) is 5.32 Å². The molecule has 0 aliphatic rings. The Balaban J connectivity index is 2.03. The number of unbranched alkanes of at least 4 members (excludes halogenated alkanes) is 2. The summed E-state index contributed by atoms with van der Waals surface area (Å²) in [5, 5.41) is 2.97. The van der Waals surface area contributed by atoms with Crippen LogP contribution in [-0.2, 0) is 0 Å². The van der Waals surface area contributed by atoms with Gasteiger partial charge in [0.2, 0.25) is 0 Å². The molecule has 1 aromatic heterocycles. The summed E-state index contributed by atoms with van der Waals surface area (Å²) in [6, 6.07) is 7.26. The number of carbonyl (C=O) groups excluding carboxylic acids is 1. The van der Waals surface area contributed by atoms with Gasteiger partial charge in [-0.1, -0.05) is 25.8 Å². The predicted octanol–water partition coefficient (Wildman–Crippen LogP) is 4.66. The summed E-state index contributed by atoms with van der Waals surface area (Å²) < 4.78 is 16.4. The predicted molar refractivity (Wildman–Crippen MR) is 97.3 cm³/mol. The molecule has 1 amide bonds. The lowest BCUT2D eigenvalue weighted by atomic mass is 10.1. The topological polar surface area (TPSA) is 60.7 Å². The van der Waals surface area contributed by atoms with Crippen LogP contribution in [0.15, 0.2) is 34.9 Å². The summed E-state index contributed by atoms with van der Waals surface area (Å²) in [5.41, 5.74) is 1.50. The molecule has 2 rings (SSSR count). The standard InChI is InChI=1S/C20H27NO4/c1-5-6-7-11-25-18-9-8-16(13-19(18)23-4)14(2)21-20(22)17-10-12-24-15(17)3/h8-10,12-14H,5-7,11H2,1-4H3,(H,21,22). The van der Waals surface area contributed by atoms with E-state index in [-0.39, 0.29) is 11.9 Å². The Morgan fingerprint density at radius 2 is 2.04 bits per heavy atom. The van der Waals surface area contributed by atoms with Gasteiger partial charge in [0.05, 0.1) is 31.6 Å². The molecule has 0 radical (unpaired) electrons. The zero-order valence-corrected chi connectivity index (χ0v) is 15.4. The maximum absolute atomic E-state index is 12.3. The highest BCUT2D eigenvalue weighted by Crippen LogP contribution is 2.30. The molecule has 1 heterocycles. The monoisotopic (exact) mass is 345 g/mol. The van der Waals surface area contributed by atoms with Crippen LogP contribution >= 0.6 is 0 Å². The first-order valence-corrected chi connectivity index (χ1v) is 8.72. The zero-order valence-electron chi connectivity index (χ0n) is 15.4. The van der Waals surface area contributed by atoms with Gasteiger partial charge in [-0.15, -0.1) is 0 Å². The smallest absolute Gasteiger partial charge is 0.255 e. The molecular weight excluding hydrogens is 318 g/mol. The van der Waals surface area contributed by atoms with E-state index < -0.39 is 0 Å². The Hall–Kier alpha value is -2.43. The molecule has 0 saturated heterocycles. The molecule has 1 aromatic carbocycles. The van der Waals surface area contributed by atoms with Crippen LogP contribution in [0, 0.1) is 6.92 Å². The molecule has 0 bridgehead atoms. The van der Waals surface area contributed by atoms with Gasteiger partial charge in [0, 0.05) is 0 Å². The van der Waals surface area contributed by atoms with Crippen LogP contribution in [0.4, 0.5) is 0 Å². The minimum atomic E-state index is -0.162. The second kappa shape index (κ2) is 9.16. The number of rotatable bonds is 9. The fourth-order valence-corrected chi connectivity index (χ4v) is 2.59. The first-order valence-electron chi connectivity index (χ1n) is 8.72. The Morgan fingerprint density at radius 3 is 2.68 bits per heavy atom. The third-order valence-electron chi connectivity index (χ3n) is 4.14. The molecule has 5 heteroatoms. The number of hydrogen-bond acceptors (Lipinski definition) is 4. The SMILES string of the molecule is CCCCCOc1ccc(C(C)NC(=O)c2ccoc2C)cc1OC. The van der Waals surface area contributed by atoms with Gasteiger partial charge in [0.25, 0.3) is 5.91 Å². The van der Waals surface area contributed by atoms with Crippen molar-refractivity contribution in [3.05, 3.63) is 47.4 Å². The van der Waals surface area contributed by atoms with Gasteiger partial charge in [0.15, 0.2) is 11.5 Å². The molecule has 0 spiro atoms. The highest BCUT2D eigenvalue weighted by Gasteiger charge is 2.16. The molecule has 0 aliphatic heterocycles. The van der Waals surface area contributed by atoms with Crippen molar-refractivity contribution >= 4 is 5.91 Å². The van der Waals surface area contributed by atoms with Gasteiger partial charge in [0.1, 0.15) is 5.76 Å². The van der Waals surface area contributed by atoms with Crippen molar-refractivity contribution < 1.29 is 18.7 Å². The summed E-state index contributed by atoms with van der Waals surface area (Å²) >= 11 is 0. The molecule has 25 heavy (non-hydrogen) atoms. The molecule has 5 nitrogen and oxygen atoms in total. The van der Waals surface area contributed by atoms with E-state index >= 15 is 0 Å². The van der Waals surface area contributed by atoms with Crippen LogP contribution in [-0.4, -0.2) is 19.6 Å². The normalized spacial score (nSPS) is 11.8. The lowest BCUT2D eigenvalue weighted by Gasteiger charge is -2.17. The van der Waals surface area contributed by atoms with E-state index in [0.717, 1.165) is 30.6 Å². The van der Waals surface area contributed by atoms with Crippen LogP contribution in [0.5, 0.6) is 11.5 Å². The number of benzene rings is 1. The average Bonchev–Trinajstić information content (AvgIpc) is 3.04. The zero-order chi connectivity index (χ0) is 18.2. The first-order chi connectivity index (χ1) is 12.1. The third kappa shape index (κ3) is 5.02. The molecule has 1 unspecified atom stereocenters. The first kappa shape index (κ1) is 18.9. The highest BCUT2D eigenvalue weighted by atomic mass is 16.5. The van der Waals surface area contributed by atoms with Crippen molar-refractivity contribution in [2.75, 3.05) is 13.7 Å². The molecular formula is C20H27NO4. The van der Waals surface area contributed by atoms with Crippen molar-refractivity contribution in [1.29, 1.82) is 0 Å². The second-order valence-corrected chi connectivity index (χ2v) is 6.05. The van der Waals surface area contributed by atoms with Gasteiger partial charge in [-0.3, -0.25) is 4.79 Å². The van der Waals surface area contributed by atoms with Gasteiger partial charge >= 0.3 is 0 Å². The summed E-state index contributed by atoms with van der Waals surface area (Å²) in [6.45, 7) is 6.54. The van der Waals surface area contributed by atoms with E-state index in [9.17, 15) is 4.79 Å². The van der Waals surface area contributed by atoms with E-state index in [1.54, 1.807) is 20.1 Å². The average molecular weight is 345 g/mol. The summed E-state index contributed by atoms with van der Waals surface area (Å²) in [4.78, 5) is 12.3. The fourth-order valence-electron chi connectivity index (χ4n) is 2.59. The fraction of sp³-hybridized carbons (Fsp3) is 0.450. The molecule has 1 N–H and O–H groups in total. The number of aryl methyl sites for hydroxylation is 1. The molecule has 0 saturated carbocycles. The maximum atomic E-state index is 12.3. The number of amides is 1. The third-order valence-corrected chi connectivity index (χ3v) is 4.14. The Morgan fingerprint density at radius 1 is 1.24 bits per heavy atom. The number of nitrogens with one attached hydrogen (secondary N) is 1. The van der Waals surface area contributed by atoms with Gasteiger partial charge < -0.3 is 19.2 Å². The Labute approximate surface area is 149 Å². The van der Waals surface area contributed by atoms with Gasteiger partial charge in [-0.25, -0.2) is 0 Å². The van der Waals surface area contributed by atoms with Crippen molar-refractivity contribution in [2.45, 2.75) is 46.1 Å². The second-order valence-electron chi connectivity index (χ2n) is 6.05. The summed E-state index contributed by atoms with van der Waals surface area (Å²) in [6.07, 6.45) is 4.85. The van der Waals surface area contributed by atoms with E-state index in [4.69, 9.17) is 13.9 Å². The molecule has 136 valence electrons. The molecule has 2 aromatic rings. The Bertz CT molecular complexity index is 693. The van der Waals surface area contributed by atoms with Crippen molar-refractivity contribution in [3.63, 3.8) is 0 Å².